The number of rotatable bonds is 3. The summed E-state index contributed by atoms with van der Waals surface area (Å²) in [6, 6.07) is 11.8. The van der Waals surface area contributed by atoms with Gasteiger partial charge in [0.15, 0.2) is 0 Å². The molecule has 0 aliphatic heterocycles. The fourth-order valence-electron chi connectivity index (χ4n) is 1.73. The van der Waals surface area contributed by atoms with Gasteiger partial charge in [-0.2, -0.15) is 0 Å². The van der Waals surface area contributed by atoms with Gasteiger partial charge in [-0.1, -0.05) is 12.1 Å². The van der Waals surface area contributed by atoms with Crippen molar-refractivity contribution in [2.24, 2.45) is 0 Å². The number of benzene rings is 1. The maximum absolute atomic E-state index is 5.78. The highest BCUT2D eigenvalue weighted by Gasteiger charge is 2.04. The molecule has 0 saturated carbocycles. The smallest absolute Gasteiger partial charge is 0.120 e. The maximum Gasteiger partial charge on any atom is 0.120 e. The van der Waals surface area contributed by atoms with Crippen molar-refractivity contribution in [3.8, 4) is 17.0 Å². The molecule has 3 heteroatoms. The second kappa shape index (κ2) is 5.08. The van der Waals surface area contributed by atoms with Crippen molar-refractivity contribution in [1.29, 1.82) is 0 Å². The minimum absolute atomic E-state index is 0.168. The number of hydrogen-bond donors (Lipinski definition) is 1. The molecule has 0 atom stereocenters. The van der Waals surface area contributed by atoms with Crippen LogP contribution >= 0.6 is 0 Å². The molecule has 0 radical (unpaired) electrons. The number of anilines is 1. The third-order valence-corrected chi connectivity index (χ3v) is 2.63. The highest BCUT2D eigenvalue weighted by atomic mass is 16.5. The molecule has 1 aromatic heterocycles. The molecule has 1 aromatic carbocycles. The van der Waals surface area contributed by atoms with Gasteiger partial charge < -0.3 is 10.5 Å². The fraction of sp³-hybridized carbons (Fsp3) is 0.267. The summed E-state index contributed by atoms with van der Waals surface area (Å²) in [6.07, 6.45) is 0.168. The predicted octanol–water partition coefficient (Wildman–Crippen LogP) is 3.43. The molecule has 94 valence electrons. The first-order valence-electron chi connectivity index (χ1n) is 6.06. The Morgan fingerprint density at radius 1 is 1.17 bits per heavy atom. The Kier molecular flexibility index (Phi) is 3.51. The summed E-state index contributed by atoms with van der Waals surface area (Å²) in [6.45, 7) is 5.93. The van der Waals surface area contributed by atoms with Crippen molar-refractivity contribution < 1.29 is 4.74 Å². The lowest BCUT2D eigenvalue weighted by Gasteiger charge is -2.11. The third-order valence-electron chi connectivity index (χ3n) is 2.63. The SMILES string of the molecule is Cc1nc(-c2cccc(OC(C)C)c2)ccc1N. The molecule has 1 heterocycles. The normalized spacial score (nSPS) is 10.7. The number of nitrogen functional groups attached to an aromatic ring is 1. The van der Waals surface area contributed by atoms with Crippen LogP contribution in [0.5, 0.6) is 5.75 Å². The molecular formula is C15H18N2O. The molecule has 0 saturated heterocycles. The van der Waals surface area contributed by atoms with Crippen molar-refractivity contribution in [3.05, 3.63) is 42.1 Å². The highest BCUT2D eigenvalue weighted by Crippen LogP contribution is 2.24. The summed E-state index contributed by atoms with van der Waals surface area (Å²) in [4.78, 5) is 4.48. The number of pyridine rings is 1. The van der Waals surface area contributed by atoms with E-state index in [2.05, 4.69) is 4.98 Å². The standard InChI is InChI=1S/C15H18N2O/c1-10(2)18-13-6-4-5-12(9-13)15-8-7-14(16)11(3)17-15/h4-10H,16H2,1-3H3. The molecule has 18 heavy (non-hydrogen) atoms. The highest BCUT2D eigenvalue weighted by molar-refractivity contribution is 5.63. The van der Waals surface area contributed by atoms with Gasteiger partial charge in [0.05, 0.1) is 23.2 Å². The fourth-order valence-corrected chi connectivity index (χ4v) is 1.73. The van der Waals surface area contributed by atoms with Crippen LogP contribution in [-0.4, -0.2) is 11.1 Å². The van der Waals surface area contributed by atoms with E-state index in [0.717, 1.165) is 22.7 Å². The van der Waals surface area contributed by atoms with Crippen LogP contribution in [0, 0.1) is 6.92 Å². The molecule has 3 nitrogen and oxygen atoms in total. The zero-order valence-electron chi connectivity index (χ0n) is 11.0. The van der Waals surface area contributed by atoms with E-state index in [-0.39, 0.29) is 6.10 Å². The Morgan fingerprint density at radius 2 is 1.94 bits per heavy atom. The number of hydrogen-bond acceptors (Lipinski definition) is 3. The minimum atomic E-state index is 0.168. The lowest BCUT2D eigenvalue weighted by molar-refractivity contribution is 0.242. The third kappa shape index (κ3) is 2.80. The summed E-state index contributed by atoms with van der Waals surface area (Å²) in [5.74, 6) is 0.860. The molecule has 0 aliphatic carbocycles. The van der Waals surface area contributed by atoms with E-state index in [0.29, 0.717) is 5.69 Å². The average Bonchev–Trinajstić information content (AvgIpc) is 2.32. The van der Waals surface area contributed by atoms with Gasteiger partial charge in [0.25, 0.3) is 0 Å². The Hall–Kier alpha value is -2.03. The van der Waals surface area contributed by atoms with E-state index in [1.165, 1.54) is 0 Å². The molecule has 2 rings (SSSR count). The largest absolute Gasteiger partial charge is 0.491 e. The van der Waals surface area contributed by atoms with E-state index >= 15 is 0 Å². The summed E-state index contributed by atoms with van der Waals surface area (Å²) in [5.41, 5.74) is 9.29. The zero-order valence-corrected chi connectivity index (χ0v) is 11.0. The Labute approximate surface area is 108 Å². The lowest BCUT2D eigenvalue weighted by Crippen LogP contribution is -2.05. The van der Waals surface area contributed by atoms with E-state index in [1.807, 2.05) is 57.2 Å². The van der Waals surface area contributed by atoms with E-state index in [4.69, 9.17) is 10.5 Å². The van der Waals surface area contributed by atoms with E-state index in [9.17, 15) is 0 Å². The summed E-state index contributed by atoms with van der Waals surface area (Å²) in [7, 11) is 0. The van der Waals surface area contributed by atoms with Crippen LogP contribution in [0.2, 0.25) is 0 Å². The predicted molar refractivity (Wildman–Crippen MR) is 74.6 cm³/mol. The van der Waals surface area contributed by atoms with Crippen molar-refractivity contribution in [2.75, 3.05) is 5.73 Å². The number of aromatic nitrogens is 1. The van der Waals surface area contributed by atoms with Crippen LogP contribution in [0.25, 0.3) is 11.3 Å². The molecule has 0 amide bonds. The molecule has 2 aromatic rings. The van der Waals surface area contributed by atoms with Gasteiger partial charge in [-0.15, -0.1) is 0 Å². The molecule has 0 aliphatic rings. The second-order valence-electron chi connectivity index (χ2n) is 4.57. The second-order valence-corrected chi connectivity index (χ2v) is 4.57. The summed E-state index contributed by atoms with van der Waals surface area (Å²) < 4.78 is 5.68. The minimum Gasteiger partial charge on any atom is -0.491 e. The number of nitrogens with two attached hydrogens (primary N) is 1. The first-order chi connectivity index (χ1) is 8.56. The Bertz CT molecular complexity index is 550. The number of aryl methyl sites for hydroxylation is 1. The van der Waals surface area contributed by atoms with Crippen molar-refractivity contribution >= 4 is 5.69 Å². The van der Waals surface area contributed by atoms with Crippen LogP contribution in [0.4, 0.5) is 5.69 Å². The molecule has 0 unspecified atom stereocenters. The summed E-state index contributed by atoms with van der Waals surface area (Å²) >= 11 is 0. The molecular weight excluding hydrogens is 224 g/mol. The Balaban J connectivity index is 2.35. The zero-order chi connectivity index (χ0) is 13.1. The van der Waals surface area contributed by atoms with Gasteiger partial charge in [0, 0.05) is 5.56 Å². The van der Waals surface area contributed by atoms with Crippen molar-refractivity contribution in [3.63, 3.8) is 0 Å². The van der Waals surface area contributed by atoms with E-state index in [1.54, 1.807) is 0 Å². The van der Waals surface area contributed by atoms with Crippen LogP contribution in [0.1, 0.15) is 19.5 Å². The maximum atomic E-state index is 5.78. The first-order valence-corrected chi connectivity index (χ1v) is 6.06. The van der Waals surface area contributed by atoms with Gasteiger partial charge >= 0.3 is 0 Å². The van der Waals surface area contributed by atoms with Gasteiger partial charge in [-0.3, -0.25) is 4.98 Å². The number of nitrogens with zero attached hydrogens (tertiary/aromatic N) is 1. The van der Waals surface area contributed by atoms with Gasteiger partial charge in [0.1, 0.15) is 5.75 Å². The molecule has 0 fully saturated rings. The van der Waals surface area contributed by atoms with Gasteiger partial charge in [0.2, 0.25) is 0 Å². The topological polar surface area (TPSA) is 48.1 Å². The van der Waals surface area contributed by atoms with Crippen molar-refractivity contribution in [1.82, 2.24) is 4.98 Å². The van der Waals surface area contributed by atoms with Crippen LogP contribution in [0.15, 0.2) is 36.4 Å². The average molecular weight is 242 g/mol. The quantitative estimate of drug-likeness (QED) is 0.897. The van der Waals surface area contributed by atoms with Gasteiger partial charge in [-0.05, 0) is 45.0 Å². The first kappa shape index (κ1) is 12.4. The monoisotopic (exact) mass is 242 g/mol. The van der Waals surface area contributed by atoms with E-state index < -0.39 is 0 Å². The number of ether oxygens (including phenoxy) is 1. The van der Waals surface area contributed by atoms with Gasteiger partial charge in [-0.25, -0.2) is 0 Å². The van der Waals surface area contributed by atoms with Crippen LogP contribution in [0.3, 0.4) is 0 Å². The Morgan fingerprint density at radius 3 is 2.61 bits per heavy atom. The van der Waals surface area contributed by atoms with Crippen molar-refractivity contribution in [2.45, 2.75) is 26.9 Å². The lowest BCUT2D eigenvalue weighted by atomic mass is 10.1. The van der Waals surface area contributed by atoms with Crippen LogP contribution < -0.4 is 10.5 Å². The molecule has 2 N–H and O–H groups in total. The molecule has 0 spiro atoms. The van der Waals surface area contributed by atoms with Crippen LogP contribution in [-0.2, 0) is 0 Å². The molecule has 0 bridgehead atoms. The summed E-state index contributed by atoms with van der Waals surface area (Å²) in [5, 5.41) is 0.